The first-order chi connectivity index (χ1) is 18.4. The van der Waals surface area contributed by atoms with Crippen LogP contribution in [0.1, 0.15) is 127 Å². The van der Waals surface area contributed by atoms with Gasteiger partial charge in [-0.15, -0.1) is 0 Å². The van der Waals surface area contributed by atoms with Crippen LogP contribution < -0.4 is 0 Å². The van der Waals surface area contributed by atoms with E-state index in [1.54, 1.807) is 0 Å². The van der Waals surface area contributed by atoms with Gasteiger partial charge in [-0.1, -0.05) is 67.0 Å². The van der Waals surface area contributed by atoms with Gasteiger partial charge in [-0.2, -0.15) is 0 Å². The highest BCUT2D eigenvalue weighted by atomic mass is 16.5. The lowest BCUT2D eigenvalue weighted by molar-refractivity contribution is -0.222. The number of rotatable bonds is 4. The van der Waals surface area contributed by atoms with Crippen molar-refractivity contribution in [2.24, 2.45) is 56.7 Å². The topological polar surface area (TPSA) is 83.8 Å². The van der Waals surface area contributed by atoms with E-state index in [0.717, 1.165) is 44.9 Å². The number of carbonyl (C=O) groups excluding carboxylic acids is 1. The number of hydrogen-bond donors (Lipinski definition) is 2. The molecule has 5 aliphatic rings. The predicted molar refractivity (Wildman–Crippen MR) is 157 cm³/mol. The fourth-order valence-corrected chi connectivity index (χ4v) is 11.6. The Morgan fingerprint density at radius 3 is 2.25 bits per heavy atom. The van der Waals surface area contributed by atoms with Gasteiger partial charge < -0.3 is 14.9 Å². The molecule has 0 aromatic heterocycles. The molecule has 0 aromatic carbocycles. The highest BCUT2D eigenvalue weighted by Crippen LogP contribution is 2.76. The van der Waals surface area contributed by atoms with Crippen molar-refractivity contribution >= 4 is 11.9 Å². The van der Waals surface area contributed by atoms with E-state index >= 15 is 0 Å². The van der Waals surface area contributed by atoms with Gasteiger partial charge in [0, 0.05) is 17.8 Å². The zero-order valence-corrected chi connectivity index (χ0v) is 26.7. The summed E-state index contributed by atoms with van der Waals surface area (Å²) in [5.41, 5.74) is -0.750. The molecule has 0 aliphatic heterocycles. The fourth-order valence-electron chi connectivity index (χ4n) is 11.6. The lowest BCUT2D eigenvalue weighted by atomic mass is 9.33. The molecular formula is C35H56O5. The molecule has 0 bridgehead atoms. The Bertz CT molecular complexity index is 1090. The summed E-state index contributed by atoms with van der Waals surface area (Å²) in [6.45, 7) is 20.3. The Kier molecular flexibility index (Phi) is 7.01. The largest absolute Gasteiger partial charge is 0.481 e. The molecule has 10 atom stereocenters. The van der Waals surface area contributed by atoms with Crippen LogP contribution in [-0.4, -0.2) is 33.9 Å². The molecule has 5 aliphatic carbocycles. The molecule has 5 nitrogen and oxygen atoms in total. The van der Waals surface area contributed by atoms with Crippen LogP contribution in [0.4, 0.5) is 0 Å². The van der Waals surface area contributed by atoms with E-state index in [4.69, 9.17) is 4.74 Å². The van der Waals surface area contributed by atoms with Crippen LogP contribution in [0.15, 0.2) is 11.6 Å². The van der Waals surface area contributed by atoms with E-state index in [-0.39, 0.29) is 45.6 Å². The van der Waals surface area contributed by atoms with Gasteiger partial charge in [0.25, 0.3) is 0 Å². The first-order valence-electron chi connectivity index (χ1n) is 16.2. The Labute approximate surface area is 242 Å². The third-order valence-corrected chi connectivity index (χ3v) is 14.3. The van der Waals surface area contributed by atoms with Crippen molar-refractivity contribution < 1.29 is 24.5 Å². The van der Waals surface area contributed by atoms with Gasteiger partial charge in [0.1, 0.15) is 6.10 Å². The van der Waals surface area contributed by atoms with Gasteiger partial charge in [0.15, 0.2) is 0 Å². The van der Waals surface area contributed by atoms with Gasteiger partial charge in [-0.25, -0.2) is 0 Å². The molecule has 0 spiro atoms. The molecule has 0 heterocycles. The predicted octanol–water partition coefficient (Wildman–Crippen LogP) is 7.80. The first kappa shape index (κ1) is 30.1. The second-order valence-corrected chi connectivity index (χ2v) is 16.8. The number of esters is 1. The van der Waals surface area contributed by atoms with Gasteiger partial charge in [-0.3, -0.25) is 9.59 Å². The third-order valence-electron chi connectivity index (χ3n) is 14.3. The Morgan fingerprint density at radius 1 is 0.950 bits per heavy atom. The van der Waals surface area contributed by atoms with Crippen LogP contribution in [0.25, 0.3) is 0 Å². The summed E-state index contributed by atoms with van der Waals surface area (Å²) < 4.78 is 6.17. The lowest BCUT2D eigenvalue weighted by Gasteiger charge is -2.71. The zero-order valence-electron chi connectivity index (χ0n) is 26.7. The van der Waals surface area contributed by atoms with E-state index in [9.17, 15) is 19.8 Å². The van der Waals surface area contributed by atoms with Crippen molar-refractivity contribution in [2.75, 3.05) is 0 Å². The lowest BCUT2D eigenvalue weighted by Crippen LogP contribution is -2.67. The van der Waals surface area contributed by atoms with E-state index in [1.807, 2.05) is 6.92 Å². The molecule has 5 rings (SSSR count). The Morgan fingerprint density at radius 2 is 1.62 bits per heavy atom. The molecule has 0 aromatic rings. The number of aliphatic hydroxyl groups is 1. The zero-order chi connectivity index (χ0) is 29.7. The molecule has 40 heavy (non-hydrogen) atoms. The highest BCUT2D eigenvalue weighted by molar-refractivity contribution is 5.77. The van der Waals surface area contributed by atoms with Crippen LogP contribution in [0.3, 0.4) is 0 Å². The average Bonchev–Trinajstić information content (AvgIpc) is 2.83. The monoisotopic (exact) mass is 556 g/mol. The van der Waals surface area contributed by atoms with Gasteiger partial charge in [0.2, 0.25) is 0 Å². The number of fused-ring (bicyclic) bond motifs is 7. The molecule has 5 heteroatoms. The van der Waals surface area contributed by atoms with Crippen LogP contribution in [0.2, 0.25) is 0 Å². The highest BCUT2D eigenvalue weighted by Gasteiger charge is 2.71. The summed E-state index contributed by atoms with van der Waals surface area (Å²) >= 11 is 0. The summed E-state index contributed by atoms with van der Waals surface area (Å²) in [5.74, 6) is 0.184. The van der Waals surface area contributed by atoms with Gasteiger partial charge in [-0.05, 0) is 105 Å². The summed E-state index contributed by atoms with van der Waals surface area (Å²) in [7, 11) is 0. The second kappa shape index (κ2) is 9.32. The summed E-state index contributed by atoms with van der Waals surface area (Å²) in [5, 5.41) is 22.6. The molecule has 0 unspecified atom stereocenters. The maximum atomic E-state index is 12.9. The van der Waals surface area contributed by atoms with E-state index < -0.39 is 17.0 Å². The van der Waals surface area contributed by atoms with E-state index in [2.05, 4.69) is 61.5 Å². The molecule has 4 saturated carbocycles. The molecular weight excluding hydrogens is 500 g/mol. The van der Waals surface area contributed by atoms with Crippen LogP contribution in [-0.2, 0) is 14.3 Å². The normalized spacial score (nSPS) is 49.6. The minimum atomic E-state index is -1.03. The molecule has 226 valence electrons. The number of carbonyl (C=O) groups is 2. The number of aliphatic carboxylic acids is 1. The molecule has 0 amide bonds. The number of allylic oxidation sites excluding steroid dienone is 1. The number of hydrogen-bond acceptors (Lipinski definition) is 4. The smallest absolute Gasteiger partial charge is 0.310 e. The Balaban J connectivity index is 1.52. The SMILES string of the molecule is CC(C)CC(=O)O[C@@H]1CC[C@]2(C)[C@H](CC[C@]3(C)[C@@H]2CC=C2[C@@H]4[C@](C(=O)O)(CC[C@@H](C)[C@@]4(C)O)CC[C@]23C)C1(C)C. The minimum absolute atomic E-state index is 0.0288. The summed E-state index contributed by atoms with van der Waals surface area (Å²) in [6, 6.07) is 0. The van der Waals surface area contributed by atoms with Crippen LogP contribution >= 0.6 is 0 Å². The first-order valence-corrected chi connectivity index (χ1v) is 16.2. The molecule has 0 radical (unpaired) electrons. The van der Waals surface area contributed by atoms with Crippen LogP contribution in [0, 0.1) is 56.7 Å². The van der Waals surface area contributed by atoms with Crippen molar-refractivity contribution in [3.63, 3.8) is 0 Å². The Hall–Kier alpha value is -1.36. The third kappa shape index (κ3) is 3.87. The van der Waals surface area contributed by atoms with Crippen LogP contribution in [0.5, 0.6) is 0 Å². The van der Waals surface area contributed by atoms with Crippen molar-refractivity contribution in [3.8, 4) is 0 Å². The number of ether oxygens (including phenoxy) is 1. The van der Waals surface area contributed by atoms with E-state index in [1.165, 1.54) is 5.57 Å². The number of carboxylic acids is 1. The second-order valence-electron chi connectivity index (χ2n) is 16.8. The van der Waals surface area contributed by atoms with Gasteiger partial charge >= 0.3 is 11.9 Å². The molecule has 0 saturated heterocycles. The molecule has 2 N–H and O–H groups in total. The van der Waals surface area contributed by atoms with E-state index in [0.29, 0.717) is 37.0 Å². The standard InChI is InChI=1S/C35H56O5/c1-21(2)20-27(36)40-26-14-15-31(6)24(30(26,4)5)13-16-33(8)25(31)11-10-23-28-34(9,39)22(3)12-17-35(28,29(37)38)19-18-32(23,33)7/h10,21-22,24-26,28,39H,11-20H2,1-9H3,(H,37,38)/t22-,24-,25-,26-,28+,31-,32-,33-,34-,35+/m1/s1. The maximum Gasteiger partial charge on any atom is 0.310 e. The minimum Gasteiger partial charge on any atom is -0.481 e. The van der Waals surface area contributed by atoms with Crippen molar-refractivity contribution in [2.45, 2.75) is 138 Å². The summed E-state index contributed by atoms with van der Waals surface area (Å²) in [4.78, 5) is 25.6. The van der Waals surface area contributed by atoms with Crippen molar-refractivity contribution in [1.82, 2.24) is 0 Å². The quantitative estimate of drug-likeness (QED) is 0.273. The van der Waals surface area contributed by atoms with Crippen molar-refractivity contribution in [3.05, 3.63) is 11.6 Å². The number of carboxylic acid groups (broad SMARTS) is 1. The summed E-state index contributed by atoms with van der Waals surface area (Å²) in [6.07, 6.45) is 10.9. The average molecular weight is 557 g/mol. The molecule has 4 fully saturated rings. The van der Waals surface area contributed by atoms with Gasteiger partial charge in [0.05, 0.1) is 11.0 Å². The van der Waals surface area contributed by atoms with Crippen molar-refractivity contribution in [1.29, 1.82) is 0 Å². The maximum absolute atomic E-state index is 12.9. The fraction of sp³-hybridized carbons (Fsp3) is 0.886.